The summed E-state index contributed by atoms with van der Waals surface area (Å²) in [5, 5.41) is 21.8. The Bertz CT molecular complexity index is 942. The summed E-state index contributed by atoms with van der Waals surface area (Å²) in [6, 6.07) is 5.28. The highest BCUT2D eigenvalue weighted by atomic mass is 79.9. The summed E-state index contributed by atoms with van der Waals surface area (Å²) < 4.78 is 2.46. The van der Waals surface area contributed by atoms with Crippen molar-refractivity contribution in [1.29, 1.82) is 0 Å². The maximum absolute atomic E-state index is 12.9. The van der Waals surface area contributed by atoms with E-state index in [-0.39, 0.29) is 11.3 Å². The topological polar surface area (TPSA) is 113 Å². The third-order valence-corrected chi connectivity index (χ3v) is 5.53. The lowest BCUT2D eigenvalue weighted by molar-refractivity contribution is -0.0618. The molecule has 1 aromatic heterocycles. The van der Waals surface area contributed by atoms with Gasteiger partial charge in [-0.25, -0.2) is 5.48 Å². The molecule has 1 amide bonds. The summed E-state index contributed by atoms with van der Waals surface area (Å²) in [5.74, 6) is -0.221. The van der Waals surface area contributed by atoms with E-state index in [1.807, 2.05) is 0 Å². The average Bonchev–Trinajstić information content (AvgIpc) is 2.97. The molecule has 29 heavy (non-hydrogen) atoms. The molecule has 0 saturated heterocycles. The van der Waals surface area contributed by atoms with Crippen LogP contribution in [0, 0.1) is 0 Å². The second-order valence-corrected chi connectivity index (χ2v) is 7.99. The second kappa shape index (κ2) is 9.27. The Labute approximate surface area is 180 Å². The smallest absolute Gasteiger partial charge is 0.278 e. The largest absolute Gasteiger partial charge is 0.393 e. The summed E-state index contributed by atoms with van der Waals surface area (Å²) in [7, 11) is 1.71. The minimum absolute atomic E-state index is 0.0396. The molecule has 0 unspecified atom stereocenters. The van der Waals surface area contributed by atoms with Crippen molar-refractivity contribution >= 4 is 50.7 Å². The number of aromatic nitrogens is 1. The number of Topliss-reactive ketones (excluding diaryl/α,β-unsaturated/α-hetero) is 1. The van der Waals surface area contributed by atoms with Crippen LogP contribution < -0.4 is 10.8 Å². The molecular formula is C19H21BrClN3O5. The fraction of sp³-hybridized carbons (Fsp3) is 0.368. The van der Waals surface area contributed by atoms with Crippen molar-refractivity contribution in [1.82, 2.24) is 10.0 Å². The molecular weight excluding hydrogens is 466 g/mol. The maximum atomic E-state index is 12.9. The predicted molar refractivity (Wildman–Crippen MR) is 112 cm³/mol. The van der Waals surface area contributed by atoms with Gasteiger partial charge in [-0.05, 0) is 36.6 Å². The van der Waals surface area contributed by atoms with E-state index in [4.69, 9.17) is 26.7 Å². The van der Waals surface area contributed by atoms with Crippen molar-refractivity contribution in [3.63, 3.8) is 0 Å². The number of nitrogens with one attached hydrogen (secondary N) is 2. The number of hydrogen-bond donors (Lipinski definition) is 4. The van der Waals surface area contributed by atoms with Gasteiger partial charge < -0.3 is 20.1 Å². The third-order valence-electron chi connectivity index (χ3n) is 4.73. The number of halogens is 2. The lowest BCUT2D eigenvalue weighted by Gasteiger charge is -2.15. The van der Waals surface area contributed by atoms with E-state index >= 15 is 0 Å². The Balaban J connectivity index is 2.02. The number of aliphatic hydroxyl groups is 2. The molecule has 0 atom stereocenters. The van der Waals surface area contributed by atoms with Crippen LogP contribution in [0.2, 0.25) is 5.02 Å². The summed E-state index contributed by atoms with van der Waals surface area (Å²) >= 11 is 9.66. The van der Waals surface area contributed by atoms with Crippen LogP contribution in [0.3, 0.4) is 0 Å². The van der Waals surface area contributed by atoms with Gasteiger partial charge in [0.2, 0.25) is 0 Å². The molecule has 0 radical (unpaired) electrons. The van der Waals surface area contributed by atoms with Crippen LogP contribution in [0.25, 0.3) is 0 Å². The maximum Gasteiger partial charge on any atom is 0.278 e. The number of hydrogen-bond acceptors (Lipinski definition) is 6. The van der Waals surface area contributed by atoms with Crippen molar-refractivity contribution in [3.05, 3.63) is 44.5 Å². The van der Waals surface area contributed by atoms with Crippen LogP contribution in [-0.2, 0) is 18.3 Å². The molecule has 0 saturated carbocycles. The number of aliphatic hydroxyl groups excluding tert-OH is 2. The molecule has 3 rings (SSSR count). The van der Waals surface area contributed by atoms with E-state index in [0.29, 0.717) is 47.0 Å². The van der Waals surface area contributed by atoms with Gasteiger partial charge in [0, 0.05) is 17.9 Å². The van der Waals surface area contributed by atoms with E-state index < -0.39 is 25.2 Å². The van der Waals surface area contributed by atoms with Gasteiger partial charge in [-0.15, -0.1) is 0 Å². The number of benzene rings is 1. The number of amides is 1. The third kappa shape index (κ3) is 4.49. The molecule has 8 nitrogen and oxygen atoms in total. The van der Waals surface area contributed by atoms with Crippen LogP contribution in [0.1, 0.15) is 39.3 Å². The fourth-order valence-corrected chi connectivity index (χ4v) is 4.04. The van der Waals surface area contributed by atoms with E-state index in [1.54, 1.807) is 29.8 Å². The summed E-state index contributed by atoms with van der Waals surface area (Å²) in [5.41, 5.74) is 4.20. The average molecular weight is 487 g/mol. The zero-order valence-corrected chi connectivity index (χ0v) is 18.0. The van der Waals surface area contributed by atoms with Crippen molar-refractivity contribution in [3.8, 4) is 0 Å². The minimum Gasteiger partial charge on any atom is -0.393 e. The number of ketones is 1. The van der Waals surface area contributed by atoms with Gasteiger partial charge in [-0.2, -0.15) is 0 Å². The van der Waals surface area contributed by atoms with Gasteiger partial charge in [0.25, 0.3) is 5.91 Å². The monoisotopic (exact) mass is 485 g/mol. The Kier molecular flexibility index (Phi) is 6.97. The first-order chi connectivity index (χ1) is 13.9. The van der Waals surface area contributed by atoms with Gasteiger partial charge in [0.1, 0.15) is 11.9 Å². The van der Waals surface area contributed by atoms with Gasteiger partial charge in [0.15, 0.2) is 5.78 Å². The van der Waals surface area contributed by atoms with Crippen molar-refractivity contribution in [2.24, 2.45) is 7.05 Å². The standard InChI is InChI=1S/C19H21BrClN3O5/c1-24-17-12(3-2-4-15(17)27)16(19(28)23-29-11(8-25)9-26)18(24)22-14-6-5-10(20)7-13(14)21/h5-7,11,22,25-26H,2-4,8-9H2,1H3,(H,23,28). The highest BCUT2D eigenvalue weighted by molar-refractivity contribution is 9.10. The molecule has 4 N–H and O–H groups in total. The molecule has 0 fully saturated rings. The normalized spacial score (nSPS) is 13.5. The predicted octanol–water partition coefficient (Wildman–Crippen LogP) is 2.72. The highest BCUT2D eigenvalue weighted by Gasteiger charge is 2.32. The number of rotatable bonds is 7. The lowest BCUT2D eigenvalue weighted by Crippen LogP contribution is -2.34. The van der Waals surface area contributed by atoms with Crippen LogP contribution in [-0.4, -0.2) is 45.8 Å². The molecule has 2 aromatic rings. The zero-order chi connectivity index (χ0) is 21.1. The van der Waals surface area contributed by atoms with Crippen molar-refractivity contribution in [2.75, 3.05) is 18.5 Å². The Hall–Kier alpha value is -1.91. The van der Waals surface area contributed by atoms with Crippen LogP contribution in [0.15, 0.2) is 22.7 Å². The van der Waals surface area contributed by atoms with Crippen molar-refractivity contribution in [2.45, 2.75) is 25.4 Å². The first-order valence-electron chi connectivity index (χ1n) is 9.01. The summed E-state index contributed by atoms with van der Waals surface area (Å²) in [6.07, 6.45) is 0.678. The van der Waals surface area contributed by atoms with E-state index in [9.17, 15) is 9.59 Å². The molecule has 0 bridgehead atoms. The molecule has 1 aliphatic rings. The summed E-state index contributed by atoms with van der Waals surface area (Å²) in [4.78, 5) is 30.5. The Morgan fingerprint density at radius 1 is 1.34 bits per heavy atom. The van der Waals surface area contributed by atoms with Gasteiger partial charge >= 0.3 is 0 Å². The van der Waals surface area contributed by atoms with E-state index in [0.717, 1.165) is 4.47 Å². The van der Waals surface area contributed by atoms with Crippen LogP contribution in [0.4, 0.5) is 11.5 Å². The number of hydroxylamine groups is 1. The Morgan fingerprint density at radius 2 is 2.07 bits per heavy atom. The van der Waals surface area contributed by atoms with Gasteiger partial charge in [-0.3, -0.25) is 14.4 Å². The molecule has 0 aliphatic heterocycles. The molecule has 10 heteroatoms. The number of carbonyl (C=O) groups excluding carboxylic acids is 2. The van der Waals surface area contributed by atoms with Crippen LogP contribution >= 0.6 is 27.5 Å². The molecule has 1 aromatic carbocycles. The molecule has 1 aliphatic carbocycles. The lowest BCUT2D eigenvalue weighted by atomic mass is 9.93. The van der Waals surface area contributed by atoms with Gasteiger partial charge in [0.05, 0.1) is 35.2 Å². The molecule has 156 valence electrons. The van der Waals surface area contributed by atoms with Crippen LogP contribution in [0.5, 0.6) is 0 Å². The first kappa shape index (κ1) is 21.8. The fourth-order valence-electron chi connectivity index (χ4n) is 3.32. The molecule has 0 spiro atoms. The number of nitrogens with zero attached hydrogens (tertiary/aromatic N) is 1. The SMILES string of the molecule is Cn1c(Nc2ccc(Br)cc2Cl)c(C(=O)NOC(CO)CO)c2c1C(=O)CCC2. The second-order valence-electron chi connectivity index (χ2n) is 6.67. The first-order valence-corrected chi connectivity index (χ1v) is 10.2. The van der Waals surface area contributed by atoms with E-state index in [2.05, 4.69) is 26.7 Å². The van der Waals surface area contributed by atoms with Crippen molar-refractivity contribution < 1.29 is 24.6 Å². The highest BCUT2D eigenvalue weighted by Crippen LogP contribution is 2.36. The van der Waals surface area contributed by atoms with Gasteiger partial charge in [-0.1, -0.05) is 27.5 Å². The minimum atomic E-state index is -0.947. The number of carbonyl (C=O) groups is 2. The number of fused-ring (bicyclic) bond motifs is 1. The van der Waals surface area contributed by atoms with E-state index in [1.165, 1.54) is 0 Å². The number of anilines is 2. The zero-order valence-electron chi connectivity index (χ0n) is 15.7. The quantitative estimate of drug-likeness (QED) is 0.448. The Morgan fingerprint density at radius 3 is 2.72 bits per heavy atom. The molecule has 1 heterocycles. The summed E-state index contributed by atoms with van der Waals surface area (Å²) in [6.45, 7) is -0.913.